The number of hydrogen-bond donors (Lipinski definition) is 0. The molecule has 4 bridgehead atoms. The Hall–Kier alpha value is -4.34. The summed E-state index contributed by atoms with van der Waals surface area (Å²) >= 11 is 0. The maximum Gasteiger partial charge on any atom is 0.317 e. The summed E-state index contributed by atoms with van der Waals surface area (Å²) in [5.41, 5.74) is 1.73. The van der Waals surface area contributed by atoms with E-state index in [1.807, 2.05) is 24.3 Å². The van der Waals surface area contributed by atoms with Crippen molar-refractivity contribution in [3.05, 3.63) is 48.5 Å². The number of fused-ring (bicyclic) bond motifs is 10. The monoisotopic (exact) mass is 570 g/mol. The van der Waals surface area contributed by atoms with E-state index in [-0.39, 0.29) is 23.7 Å². The van der Waals surface area contributed by atoms with E-state index < -0.39 is 71.3 Å². The van der Waals surface area contributed by atoms with Crippen molar-refractivity contribution in [3.63, 3.8) is 0 Å². The lowest BCUT2D eigenvalue weighted by Gasteiger charge is -2.25. The van der Waals surface area contributed by atoms with Gasteiger partial charge in [-0.05, 0) is 84.7 Å². The molecule has 2 aromatic rings. The van der Waals surface area contributed by atoms with Crippen LogP contribution >= 0.6 is 0 Å². The molecule has 2 saturated heterocycles. The first-order valence-corrected chi connectivity index (χ1v) is 14.4. The third-order valence-electron chi connectivity index (χ3n) is 10.6. The number of benzene rings is 2. The molecule has 2 aliphatic heterocycles. The van der Waals surface area contributed by atoms with E-state index in [2.05, 4.69) is 0 Å². The highest BCUT2D eigenvalue weighted by Crippen LogP contribution is 2.59. The number of rotatable bonds is 5. The SMILES string of the molecule is O=C(Oc1ccc(-c2ccc(OC(=O)C3CC4CC3C3C(=O)OC(=O)C43)cc2)cc1)C1CC2CC1C1C(=O)OC(=O)C21. The van der Waals surface area contributed by atoms with Crippen molar-refractivity contribution in [2.45, 2.75) is 25.7 Å². The van der Waals surface area contributed by atoms with E-state index in [1.54, 1.807) is 24.3 Å². The van der Waals surface area contributed by atoms with Crippen LogP contribution < -0.4 is 9.47 Å². The Morgan fingerprint density at radius 3 is 1.26 bits per heavy atom. The van der Waals surface area contributed by atoms with Crippen LogP contribution in [0.3, 0.4) is 0 Å². The first-order chi connectivity index (χ1) is 20.3. The lowest BCUT2D eigenvalue weighted by molar-refractivity contribution is -0.156. The van der Waals surface area contributed by atoms with E-state index in [1.165, 1.54) is 0 Å². The summed E-state index contributed by atoms with van der Waals surface area (Å²) in [5.74, 6) is -5.18. The highest BCUT2D eigenvalue weighted by Gasteiger charge is 2.65. The number of hydrogen-bond acceptors (Lipinski definition) is 10. The van der Waals surface area contributed by atoms with E-state index in [0.717, 1.165) is 11.1 Å². The maximum absolute atomic E-state index is 12.9. The molecule has 10 heteroatoms. The zero-order valence-electron chi connectivity index (χ0n) is 22.3. The van der Waals surface area contributed by atoms with Crippen LogP contribution in [0.1, 0.15) is 25.7 Å². The minimum atomic E-state index is -0.532. The number of ether oxygens (including phenoxy) is 4. The van der Waals surface area contributed by atoms with Crippen LogP contribution in [0, 0.1) is 59.2 Å². The quantitative estimate of drug-likeness (QED) is 0.299. The zero-order valence-corrected chi connectivity index (χ0v) is 22.3. The van der Waals surface area contributed by atoms with Crippen molar-refractivity contribution in [3.8, 4) is 22.6 Å². The fourth-order valence-corrected chi connectivity index (χ4v) is 8.87. The first-order valence-electron chi connectivity index (χ1n) is 14.4. The molecule has 0 radical (unpaired) electrons. The predicted molar refractivity (Wildman–Crippen MR) is 139 cm³/mol. The molecular formula is C32H26O10. The van der Waals surface area contributed by atoms with Crippen LogP contribution in [0.25, 0.3) is 11.1 Å². The molecule has 10 unspecified atom stereocenters. The van der Waals surface area contributed by atoms with Crippen molar-refractivity contribution in [1.82, 2.24) is 0 Å². The summed E-state index contributed by atoms with van der Waals surface area (Å²) in [5, 5.41) is 0. The van der Waals surface area contributed by atoms with E-state index in [9.17, 15) is 28.8 Å². The van der Waals surface area contributed by atoms with Gasteiger partial charge in [0.15, 0.2) is 0 Å². The normalized spacial score (nSPS) is 37.0. The number of carbonyl (C=O) groups is 6. The molecule has 4 saturated carbocycles. The van der Waals surface area contributed by atoms with E-state index in [0.29, 0.717) is 37.2 Å². The zero-order chi connectivity index (χ0) is 28.9. The fraction of sp³-hybridized carbons (Fsp3) is 0.438. The largest absolute Gasteiger partial charge is 0.426 e. The molecule has 6 aliphatic rings. The van der Waals surface area contributed by atoms with E-state index in [4.69, 9.17) is 18.9 Å². The fourth-order valence-electron chi connectivity index (χ4n) is 8.87. The Bertz CT molecular complexity index is 1440. The Labute approximate surface area is 239 Å². The topological polar surface area (TPSA) is 139 Å². The van der Waals surface area contributed by atoms with Crippen LogP contribution in [-0.4, -0.2) is 35.8 Å². The number of cyclic esters (lactones) is 4. The molecule has 42 heavy (non-hydrogen) atoms. The standard InChI is InChI=1S/C32H26O10/c33-27(21-11-15-9-19(21)25-23(15)29(35)41-31(25)37)39-17-5-1-13(2-6-17)14-3-7-18(8-4-14)40-28(34)22-12-16-10-20(22)26-24(16)30(36)42-32(26)38/h1-8,15-16,19-26H,9-12H2. The average molecular weight is 571 g/mol. The number of carbonyl (C=O) groups excluding carboxylic acids is 6. The van der Waals surface area contributed by atoms with Crippen molar-refractivity contribution in [1.29, 1.82) is 0 Å². The summed E-state index contributed by atoms with van der Waals surface area (Å²) < 4.78 is 20.9. The molecule has 0 N–H and O–H groups in total. The lowest BCUT2D eigenvalue weighted by atomic mass is 9.75. The highest BCUT2D eigenvalue weighted by molar-refractivity contribution is 5.99. The van der Waals surface area contributed by atoms with Gasteiger partial charge in [-0.15, -0.1) is 0 Å². The average Bonchev–Trinajstić information content (AvgIpc) is 3.81. The molecular weight excluding hydrogens is 544 g/mol. The van der Waals surface area contributed by atoms with Gasteiger partial charge in [0, 0.05) is 0 Å². The van der Waals surface area contributed by atoms with Crippen LogP contribution in [0.4, 0.5) is 0 Å². The molecule has 2 aromatic carbocycles. The predicted octanol–water partition coefficient (Wildman–Crippen LogP) is 3.11. The van der Waals surface area contributed by atoms with Gasteiger partial charge in [-0.25, -0.2) is 0 Å². The lowest BCUT2D eigenvalue weighted by Crippen LogP contribution is -2.35. The summed E-state index contributed by atoms with van der Waals surface area (Å²) in [6, 6.07) is 14.1. The van der Waals surface area contributed by atoms with Gasteiger partial charge in [-0.1, -0.05) is 24.3 Å². The highest BCUT2D eigenvalue weighted by atomic mass is 16.6. The summed E-state index contributed by atoms with van der Waals surface area (Å²) in [6.07, 6.45) is 2.38. The second kappa shape index (κ2) is 9.08. The molecule has 2 heterocycles. The van der Waals surface area contributed by atoms with Gasteiger partial charge in [0.05, 0.1) is 35.5 Å². The summed E-state index contributed by atoms with van der Waals surface area (Å²) in [7, 11) is 0. The van der Waals surface area contributed by atoms with Gasteiger partial charge in [0.2, 0.25) is 0 Å². The third kappa shape index (κ3) is 3.70. The molecule has 10 nitrogen and oxygen atoms in total. The van der Waals surface area contributed by atoms with Crippen molar-refractivity contribution < 1.29 is 47.7 Å². The van der Waals surface area contributed by atoms with Crippen molar-refractivity contribution >= 4 is 35.8 Å². The summed E-state index contributed by atoms with van der Waals surface area (Å²) in [4.78, 5) is 74.1. The maximum atomic E-state index is 12.9. The Morgan fingerprint density at radius 1 is 0.524 bits per heavy atom. The van der Waals surface area contributed by atoms with Crippen LogP contribution in [0.15, 0.2) is 48.5 Å². The first kappa shape index (κ1) is 25.4. The van der Waals surface area contributed by atoms with Gasteiger partial charge in [-0.2, -0.15) is 0 Å². The minimum absolute atomic E-state index is 0.0152. The second-order valence-corrected chi connectivity index (χ2v) is 12.5. The van der Waals surface area contributed by atoms with Gasteiger partial charge < -0.3 is 18.9 Å². The third-order valence-corrected chi connectivity index (χ3v) is 10.6. The molecule has 10 atom stereocenters. The molecule has 0 amide bonds. The molecule has 0 spiro atoms. The molecule has 0 aromatic heterocycles. The van der Waals surface area contributed by atoms with Crippen LogP contribution in [-0.2, 0) is 38.2 Å². The molecule has 214 valence electrons. The molecule has 6 fully saturated rings. The van der Waals surface area contributed by atoms with Gasteiger partial charge >= 0.3 is 35.8 Å². The molecule has 8 rings (SSSR count). The van der Waals surface area contributed by atoms with Crippen molar-refractivity contribution in [2.75, 3.05) is 0 Å². The van der Waals surface area contributed by atoms with Crippen LogP contribution in [0.5, 0.6) is 11.5 Å². The molecule has 4 aliphatic carbocycles. The Morgan fingerprint density at radius 2 is 0.881 bits per heavy atom. The van der Waals surface area contributed by atoms with E-state index >= 15 is 0 Å². The van der Waals surface area contributed by atoms with Crippen molar-refractivity contribution in [2.24, 2.45) is 59.2 Å². The smallest absolute Gasteiger partial charge is 0.317 e. The van der Waals surface area contributed by atoms with Gasteiger partial charge in [0.1, 0.15) is 11.5 Å². The van der Waals surface area contributed by atoms with Gasteiger partial charge in [-0.3, -0.25) is 28.8 Å². The number of esters is 6. The Kier molecular flexibility index (Phi) is 5.49. The minimum Gasteiger partial charge on any atom is -0.426 e. The second-order valence-electron chi connectivity index (χ2n) is 12.5. The summed E-state index contributed by atoms with van der Waals surface area (Å²) in [6.45, 7) is 0. The Balaban J connectivity index is 0.883. The van der Waals surface area contributed by atoms with Gasteiger partial charge in [0.25, 0.3) is 0 Å². The van der Waals surface area contributed by atoms with Crippen LogP contribution in [0.2, 0.25) is 0 Å².